The smallest absolute Gasteiger partial charge is 0.150 e. The maximum Gasteiger partial charge on any atom is 0.150 e. The number of hydrogen-bond donors (Lipinski definition) is 2. The highest BCUT2D eigenvalue weighted by atomic mass is 16.3. The molecule has 0 radical (unpaired) electrons. The number of aldehydes is 1. The van der Waals surface area contributed by atoms with Gasteiger partial charge >= 0.3 is 0 Å². The Morgan fingerprint density at radius 3 is 2.62 bits per heavy atom. The number of aliphatic hydroxyl groups excluding tert-OH is 2. The average Bonchev–Trinajstić information content (AvgIpc) is 2.85. The third kappa shape index (κ3) is 1.46. The zero-order valence-corrected chi connectivity index (χ0v) is 7.23. The Morgan fingerprint density at radius 2 is 2.08 bits per heavy atom. The lowest BCUT2D eigenvalue weighted by Crippen LogP contribution is -2.15. The van der Waals surface area contributed by atoms with Gasteiger partial charge in [0.25, 0.3) is 0 Å². The molecule has 2 aliphatic carbocycles. The van der Waals surface area contributed by atoms with E-state index in [-0.39, 0.29) is 17.4 Å². The van der Waals surface area contributed by atoms with Crippen molar-refractivity contribution in [2.45, 2.75) is 19.3 Å². The SMILES string of the molecule is O=CC1=C(O)C=C(O)CC1C1CC1. The van der Waals surface area contributed by atoms with E-state index in [2.05, 4.69) is 0 Å². The van der Waals surface area contributed by atoms with Crippen molar-refractivity contribution in [3.05, 3.63) is 23.2 Å². The van der Waals surface area contributed by atoms with E-state index >= 15 is 0 Å². The fraction of sp³-hybridized carbons (Fsp3) is 0.500. The summed E-state index contributed by atoms with van der Waals surface area (Å²) in [6.07, 6.45) is 4.68. The molecule has 0 aromatic carbocycles. The summed E-state index contributed by atoms with van der Waals surface area (Å²) in [6.45, 7) is 0. The van der Waals surface area contributed by atoms with Gasteiger partial charge in [-0.15, -0.1) is 0 Å². The molecule has 1 atom stereocenters. The Balaban J connectivity index is 2.30. The van der Waals surface area contributed by atoms with Crippen molar-refractivity contribution in [1.82, 2.24) is 0 Å². The minimum absolute atomic E-state index is 0.0440. The predicted molar refractivity (Wildman–Crippen MR) is 47.3 cm³/mol. The van der Waals surface area contributed by atoms with Crippen molar-refractivity contribution < 1.29 is 15.0 Å². The first-order valence-electron chi connectivity index (χ1n) is 4.50. The molecule has 1 unspecified atom stereocenters. The van der Waals surface area contributed by atoms with Gasteiger partial charge in [-0.2, -0.15) is 0 Å². The van der Waals surface area contributed by atoms with Gasteiger partial charge in [-0.1, -0.05) is 0 Å². The topological polar surface area (TPSA) is 57.5 Å². The molecule has 0 bridgehead atoms. The molecule has 3 nitrogen and oxygen atoms in total. The first kappa shape index (κ1) is 8.35. The van der Waals surface area contributed by atoms with Gasteiger partial charge in [0.2, 0.25) is 0 Å². The molecule has 3 heteroatoms. The van der Waals surface area contributed by atoms with E-state index in [4.69, 9.17) is 0 Å². The van der Waals surface area contributed by atoms with Crippen LogP contribution in [-0.4, -0.2) is 16.5 Å². The lowest BCUT2D eigenvalue weighted by molar-refractivity contribution is -0.105. The van der Waals surface area contributed by atoms with Crippen LogP contribution in [0.2, 0.25) is 0 Å². The van der Waals surface area contributed by atoms with Crippen molar-refractivity contribution in [3.8, 4) is 0 Å². The van der Waals surface area contributed by atoms with Crippen LogP contribution in [-0.2, 0) is 4.79 Å². The van der Waals surface area contributed by atoms with E-state index in [1.54, 1.807) is 0 Å². The minimum Gasteiger partial charge on any atom is -0.512 e. The first-order chi connectivity index (χ1) is 6.22. The molecule has 1 saturated carbocycles. The first-order valence-corrected chi connectivity index (χ1v) is 4.50. The third-order valence-electron chi connectivity index (χ3n) is 2.75. The molecule has 2 N–H and O–H groups in total. The summed E-state index contributed by atoms with van der Waals surface area (Å²) < 4.78 is 0. The van der Waals surface area contributed by atoms with Crippen LogP contribution in [0.15, 0.2) is 23.2 Å². The highest BCUT2D eigenvalue weighted by Crippen LogP contribution is 2.44. The maximum absolute atomic E-state index is 10.7. The number of allylic oxidation sites excluding steroid dienone is 3. The van der Waals surface area contributed by atoms with Crippen LogP contribution >= 0.6 is 0 Å². The molecule has 0 heterocycles. The van der Waals surface area contributed by atoms with Gasteiger partial charge in [-0.25, -0.2) is 0 Å². The average molecular weight is 180 g/mol. The van der Waals surface area contributed by atoms with Crippen LogP contribution in [0.5, 0.6) is 0 Å². The molecule has 2 aliphatic rings. The van der Waals surface area contributed by atoms with Gasteiger partial charge in [0, 0.05) is 24.0 Å². The van der Waals surface area contributed by atoms with Crippen LogP contribution in [0.4, 0.5) is 0 Å². The highest BCUT2D eigenvalue weighted by molar-refractivity contribution is 5.76. The normalized spacial score (nSPS) is 28.6. The van der Waals surface area contributed by atoms with Gasteiger partial charge in [-0.05, 0) is 18.8 Å². The molecule has 0 saturated heterocycles. The summed E-state index contributed by atoms with van der Waals surface area (Å²) in [5.41, 5.74) is 0.459. The van der Waals surface area contributed by atoms with Gasteiger partial charge in [-0.3, -0.25) is 4.79 Å². The summed E-state index contributed by atoms with van der Waals surface area (Å²) >= 11 is 0. The molecule has 0 spiro atoms. The molecule has 2 rings (SSSR count). The quantitative estimate of drug-likeness (QED) is 0.638. The summed E-state index contributed by atoms with van der Waals surface area (Å²) in [4.78, 5) is 10.7. The van der Waals surface area contributed by atoms with Crippen LogP contribution < -0.4 is 0 Å². The van der Waals surface area contributed by atoms with E-state index in [1.807, 2.05) is 0 Å². The molecular weight excluding hydrogens is 168 g/mol. The maximum atomic E-state index is 10.7. The number of rotatable bonds is 2. The van der Waals surface area contributed by atoms with Gasteiger partial charge in [0.15, 0.2) is 0 Å². The number of aliphatic hydroxyl groups is 2. The van der Waals surface area contributed by atoms with Crippen molar-refractivity contribution in [2.75, 3.05) is 0 Å². The van der Waals surface area contributed by atoms with E-state index in [9.17, 15) is 15.0 Å². The van der Waals surface area contributed by atoms with E-state index in [0.717, 1.165) is 12.8 Å². The largest absolute Gasteiger partial charge is 0.512 e. The number of carbonyl (C=O) groups excluding carboxylic acids is 1. The Morgan fingerprint density at radius 1 is 1.38 bits per heavy atom. The van der Waals surface area contributed by atoms with E-state index in [1.165, 1.54) is 6.08 Å². The second-order valence-corrected chi connectivity index (χ2v) is 3.74. The molecular formula is C10H12O3. The molecule has 70 valence electrons. The fourth-order valence-electron chi connectivity index (χ4n) is 1.89. The molecule has 1 fully saturated rings. The standard InChI is InChI=1S/C10H12O3/c11-5-9-8(6-1-2-6)3-7(12)4-10(9)13/h4-6,8,12-13H,1-3H2. The highest BCUT2D eigenvalue weighted by Gasteiger charge is 2.37. The summed E-state index contributed by atoms with van der Waals surface area (Å²) in [5.74, 6) is 0.649. The van der Waals surface area contributed by atoms with E-state index < -0.39 is 0 Å². The Hall–Kier alpha value is -1.25. The zero-order valence-electron chi connectivity index (χ0n) is 7.23. The second-order valence-electron chi connectivity index (χ2n) is 3.74. The second kappa shape index (κ2) is 2.91. The lowest BCUT2D eigenvalue weighted by Gasteiger charge is -2.20. The third-order valence-corrected chi connectivity index (χ3v) is 2.75. The fourth-order valence-corrected chi connectivity index (χ4v) is 1.89. The Bertz CT molecular complexity index is 297. The minimum atomic E-state index is -0.0596. The Kier molecular flexibility index (Phi) is 1.87. The zero-order chi connectivity index (χ0) is 9.42. The van der Waals surface area contributed by atoms with Crippen LogP contribution in [0.25, 0.3) is 0 Å². The van der Waals surface area contributed by atoms with Crippen molar-refractivity contribution in [1.29, 1.82) is 0 Å². The monoisotopic (exact) mass is 180 g/mol. The Labute approximate surface area is 76.4 Å². The molecule has 13 heavy (non-hydrogen) atoms. The molecule has 0 amide bonds. The van der Waals surface area contributed by atoms with Crippen LogP contribution in [0.3, 0.4) is 0 Å². The lowest BCUT2D eigenvalue weighted by atomic mass is 9.86. The molecule has 0 aliphatic heterocycles. The van der Waals surface area contributed by atoms with Crippen LogP contribution in [0.1, 0.15) is 19.3 Å². The van der Waals surface area contributed by atoms with Gasteiger partial charge < -0.3 is 10.2 Å². The summed E-state index contributed by atoms with van der Waals surface area (Å²) in [6, 6.07) is 0. The summed E-state index contributed by atoms with van der Waals surface area (Å²) in [7, 11) is 0. The van der Waals surface area contributed by atoms with E-state index in [0.29, 0.717) is 24.2 Å². The molecule has 0 aromatic rings. The van der Waals surface area contributed by atoms with Crippen molar-refractivity contribution in [2.24, 2.45) is 11.8 Å². The van der Waals surface area contributed by atoms with Crippen molar-refractivity contribution >= 4 is 6.29 Å². The summed E-state index contributed by atoms with van der Waals surface area (Å²) in [5, 5.41) is 18.7. The number of carbonyl (C=O) groups is 1. The molecule has 0 aromatic heterocycles. The van der Waals surface area contributed by atoms with Crippen molar-refractivity contribution in [3.63, 3.8) is 0 Å². The van der Waals surface area contributed by atoms with Crippen LogP contribution in [0, 0.1) is 11.8 Å². The van der Waals surface area contributed by atoms with Gasteiger partial charge in [0.05, 0.1) is 5.76 Å². The van der Waals surface area contributed by atoms with Gasteiger partial charge in [0.1, 0.15) is 12.0 Å². The number of hydrogen-bond acceptors (Lipinski definition) is 3. The predicted octanol–water partition coefficient (Wildman–Crippen LogP) is 1.87.